The van der Waals surface area contributed by atoms with E-state index in [1.54, 1.807) is 6.20 Å². The fraction of sp³-hybridized carbons (Fsp3) is 0.550. The second-order valence-corrected chi connectivity index (χ2v) is 7.70. The van der Waals surface area contributed by atoms with Gasteiger partial charge in [0.05, 0.1) is 11.3 Å². The van der Waals surface area contributed by atoms with Crippen molar-refractivity contribution in [3.63, 3.8) is 0 Å². The van der Waals surface area contributed by atoms with Crippen LogP contribution in [0.2, 0.25) is 0 Å². The number of likely N-dealkylation sites (tertiary alicyclic amines) is 1. The summed E-state index contributed by atoms with van der Waals surface area (Å²) in [6.07, 6.45) is 8.48. The predicted octanol–water partition coefficient (Wildman–Crippen LogP) is 2.52. The van der Waals surface area contributed by atoms with Gasteiger partial charge in [-0.05, 0) is 49.8 Å². The fourth-order valence-corrected chi connectivity index (χ4v) is 4.32. The molecule has 3 aliphatic rings. The van der Waals surface area contributed by atoms with Crippen molar-refractivity contribution in [2.75, 3.05) is 31.1 Å². The Balaban J connectivity index is 1.40. The van der Waals surface area contributed by atoms with E-state index >= 15 is 0 Å². The first-order chi connectivity index (χ1) is 12.8. The molecule has 26 heavy (non-hydrogen) atoms. The summed E-state index contributed by atoms with van der Waals surface area (Å²) >= 11 is 0. The van der Waals surface area contributed by atoms with Crippen LogP contribution in [0.15, 0.2) is 18.3 Å². The third-order valence-corrected chi connectivity index (χ3v) is 5.92. The summed E-state index contributed by atoms with van der Waals surface area (Å²) in [5, 5.41) is 7.85. The molecule has 6 heteroatoms. The van der Waals surface area contributed by atoms with Crippen LogP contribution in [0.3, 0.4) is 0 Å². The van der Waals surface area contributed by atoms with Crippen molar-refractivity contribution in [1.29, 1.82) is 0 Å². The number of amides is 1. The zero-order valence-corrected chi connectivity index (χ0v) is 15.1. The Labute approximate surface area is 153 Å². The summed E-state index contributed by atoms with van der Waals surface area (Å²) in [6, 6.07) is 3.81. The van der Waals surface area contributed by atoms with Gasteiger partial charge in [0, 0.05) is 50.4 Å². The minimum Gasteiger partial charge on any atom is -0.355 e. The molecule has 1 amide bonds. The Morgan fingerprint density at radius 2 is 1.92 bits per heavy atom. The van der Waals surface area contributed by atoms with Crippen molar-refractivity contribution in [2.24, 2.45) is 0 Å². The first kappa shape index (κ1) is 15.9. The number of nitrogens with zero attached hydrogens (tertiary/aromatic N) is 4. The zero-order chi connectivity index (χ0) is 17.5. The van der Waals surface area contributed by atoms with Crippen LogP contribution in [0, 0.1) is 0 Å². The summed E-state index contributed by atoms with van der Waals surface area (Å²) in [5.41, 5.74) is 4.73. The average molecular weight is 351 g/mol. The molecule has 0 atom stereocenters. The first-order valence-corrected chi connectivity index (χ1v) is 9.86. The highest BCUT2D eigenvalue weighted by Crippen LogP contribution is 2.41. The molecule has 2 fully saturated rings. The smallest absolute Gasteiger partial charge is 0.257 e. The lowest BCUT2D eigenvalue weighted by atomic mass is 10.1. The summed E-state index contributed by atoms with van der Waals surface area (Å²) in [6.45, 7) is 3.50. The van der Waals surface area contributed by atoms with Gasteiger partial charge in [0.1, 0.15) is 5.82 Å². The standard InChI is InChI=1S/C20H25N5O/c26-20(25-10-1-2-11-25)16-4-3-9-21-19(16)24-12-7-15-17(8-13-24)22-23-18(15)14-5-6-14/h3-4,9,14H,1-2,5-8,10-13H2,(H,22,23). The summed E-state index contributed by atoms with van der Waals surface area (Å²) in [7, 11) is 0. The van der Waals surface area contributed by atoms with Crippen LogP contribution in [0.4, 0.5) is 5.82 Å². The third-order valence-electron chi connectivity index (χ3n) is 5.92. The third kappa shape index (κ3) is 2.77. The molecule has 1 saturated heterocycles. The number of carbonyl (C=O) groups excluding carboxylic acids is 1. The van der Waals surface area contributed by atoms with E-state index in [2.05, 4.69) is 20.1 Å². The number of hydrogen-bond acceptors (Lipinski definition) is 4. The normalized spacial score (nSPS) is 20.2. The molecule has 0 unspecified atom stereocenters. The Morgan fingerprint density at radius 3 is 2.73 bits per heavy atom. The van der Waals surface area contributed by atoms with Crippen molar-refractivity contribution >= 4 is 11.7 Å². The number of fused-ring (bicyclic) bond motifs is 1. The molecule has 0 spiro atoms. The van der Waals surface area contributed by atoms with Crippen LogP contribution in [0.5, 0.6) is 0 Å². The number of aromatic amines is 1. The average Bonchev–Trinajstić information content (AvgIpc) is 3.28. The Morgan fingerprint density at radius 1 is 1.12 bits per heavy atom. The van der Waals surface area contributed by atoms with Crippen molar-refractivity contribution in [3.8, 4) is 0 Å². The Bertz CT molecular complexity index is 819. The molecular formula is C20H25N5O. The molecule has 2 aliphatic heterocycles. The molecule has 1 aliphatic carbocycles. The molecule has 0 radical (unpaired) electrons. The quantitative estimate of drug-likeness (QED) is 0.923. The molecule has 6 nitrogen and oxygen atoms in total. The van der Waals surface area contributed by atoms with E-state index in [0.29, 0.717) is 5.92 Å². The minimum atomic E-state index is 0.133. The van der Waals surface area contributed by atoms with Gasteiger partial charge < -0.3 is 9.80 Å². The second kappa shape index (κ2) is 6.41. The predicted molar refractivity (Wildman–Crippen MR) is 99.6 cm³/mol. The van der Waals surface area contributed by atoms with Gasteiger partial charge in [-0.1, -0.05) is 0 Å². The maximum absolute atomic E-state index is 13.0. The number of anilines is 1. The highest BCUT2D eigenvalue weighted by molar-refractivity contribution is 5.99. The van der Waals surface area contributed by atoms with E-state index < -0.39 is 0 Å². The van der Waals surface area contributed by atoms with E-state index in [1.807, 2.05) is 17.0 Å². The monoisotopic (exact) mass is 351 g/mol. The summed E-state index contributed by atoms with van der Waals surface area (Å²) < 4.78 is 0. The van der Waals surface area contributed by atoms with Crippen LogP contribution in [0.1, 0.15) is 58.9 Å². The van der Waals surface area contributed by atoms with Gasteiger partial charge >= 0.3 is 0 Å². The summed E-state index contributed by atoms with van der Waals surface area (Å²) in [5.74, 6) is 1.65. The largest absolute Gasteiger partial charge is 0.355 e. The molecule has 2 aromatic rings. The SMILES string of the molecule is O=C(c1cccnc1N1CCc2[nH]nc(C3CC3)c2CC1)N1CCCC1. The van der Waals surface area contributed by atoms with E-state index in [1.165, 1.54) is 29.8 Å². The van der Waals surface area contributed by atoms with Crippen LogP contribution in [-0.4, -0.2) is 52.2 Å². The second-order valence-electron chi connectivity index (χ2n) is 7.70. The van der Waals surface area contributed by atoms with Gasteiger partial charge in [-0.2, -0.15) is 5.10 Å². The lowest BCUT2D eigenvalue weighted by Crippen LogP contribution is -2.33. The van der Waals surface area contributed by atoms with Crippen LogP contribution < -0.4 is 4.90 Å². The number of carbonyl (C=O) groups is 1. The van der Waals surface area contributed by atoms with Crippen molar-refractivity contribution in [3.05, 3.63) is 40.8 Å². The highest BCUT2D eigenvalue weighted by Gasteiger charge is 2.32. The van der Waals surface area contributed by atoms with Crippen molar-refractivity contribution < 1.29 is 4.79 Å². The molecule has 136 valence electrons. The topological polar surface area (TPSA) is 65.1 Å². The molecule has 4 heterocycles. The number of aromatic nitrogens is 3. The van der Waals surface area contributed by atoms with Gasteiger partial charge in [-0.15, -0.1) is 0 Å². The Kier molecular flexibility index (Phi) is 3.91. The number of pyridine rings is 1. The van der Waals surface area contributed by atoms with E-state index in [9.17, 15) is 4.79 Å². The van der Waals surface area contributed by atoms with E-state index in [4.69, 9.17) is 0 Å². The van der Waals surface area contributed by atoms with Crippen LogP contribution in [0.25, 0.3) is 0 Å². The van der Waals surface area contributed by atoms with E-state index in [-0.39, 0.29) is 5.91 Å². The molecule has 1 saturated carbocycles. The van der Waals surface area contributed by atoms with Gasteiger partial charge in [0.15, 0.2) is 0 Å². The van der Waals surface area contributed by atoms with Crippen molar-refractivity contribution in [1.82, 2.24) is 20.1 Å². The maximum Gasteiger partial charge on any atom is 0.257 e. The zero-order valence-electron chi connectivity index (χ0n) is 15.1. The lowest BCUT2D eigenvalue weighted by Gasteiger charge is -2.25. The van der Waals surface area contributed by atoms with Gasteiger partial charge in [0.2, 0.25) is 0 Å². The number of H-pyrrole nitrogens is 1. The lowest BCUT2D eigenvalue weighted by molar-refractivity contribution is 0.0793. The summed E-state index contributed by atoms with van der Waals surface area (Å²) in [4.78, 5) is 21.8. The Hall–Kier alpha value is -2.37. The van der Waals surface area contributed by atoms with Crippen molar-refractivity contribution in [2.45, 2.75) is 44.4 Å². The van der Waals surface area contributed by atoms with Crippen LogP contribution >= 0.6 is 0 Å². The molecule has 2 aromatic heterocycles. The number of nitrogens with one attached hydrogen (secondary N) is 1. The molecular weight excluding hydrogens is 326 g/mol. The number of rotatable bonds is 3. The van der Waals surface area contributed by atoms with Gasteiger partial charge in [-0.25, -0.2) is 4.98 Å². The maximum atomic E-state index is 13.0. The molecule has 0 aromatic carbocycles. The number of hydrogen-bond donors (Lipinski definition) is 1. The van der Waals surface area contributed by atoms with Gasteiger partial charge in [-0.3, -0.25) is 9.89 Å². The minimum absolute atomic E-state index is 0.133. The highest BCUT2D eigenvalue weighted by atomic mass is 16.2. The molecule has 5 rings (SSSR count). The van der Waals surface area contributed by atoms with Crippen LogP contribution in [-0.2, 0) is 12.8 Å². The van der Waals surface area contributed by atoms with Gasteiger partial charge in [0.25, 0.3) is 5.91 Å². The molecule has 1 N–H and O–H groups in total. The fourth-order valence-electron chi connectivity index (χ4n) is 4.32. The first-order valence-electron chi connectivity index (χ1n) is 9.86. The molecule has 0 bridgehead atoms. The van der Waals surface area contributed by atoms with E-state index in [0.717, 1.165) is 63.2 Å².